The normalized spacial score (nSPS) is 13.6. The summed E-state index contributed by atoms with van der Waals surface area (Å²) in [6.45, 7) is 3.94. The van der Waals surface area contributed by atoms with Crippen LogP contribution < -0.4 is 10.0 Å². The summed E-state index contributed by atoms with van der Waals surface area (Å²) in [4.78, 5) is 4.24. The topological polar surface area (TPSA) is 71.1 Å². The van der Waals surface area contributed by atoms with Crippen LogP contribution in [0.4, 0.5) is 5.13 Å². The number of thiazole rings is 1. The van der Waals surface area contributed by atoms with Crippen LogP contribution in [0.3, 0.4) is 0 Å². The van der Waals surface area contributed by atoms with Crippen LogP contribution in [0, 0.1) is 0 Å². The number of anilines is 1. The molecule has 17 heavy (non-hydrogen) atoms. The van der Waals surface area contributed by atoms with Gasteiger partial charge in [-0.05, 0) is 20.4 Å². The van der Waals surface area contributed by atoms with Gasteiger partial charge in [0.2, 0.25) is 10.0 Å². The Kier molecular flexibility index (Phi) is 5.35. The summed E-state index contributed by atoms with van der Waals surface area (Å²) in [6.07, 6.45) is 1.53. The van der Waals surface area contributed by atoms with Gasteiger partial charge in [-0.15, -0.1) is 11.3 Å². The van der Waals surface area contributed by atoms with Crippen molar-refractivity contribution in [2.45, 2.75) is 32.7 Å². The van der Waals surface area contributed by atoms with Crippen molar-refractivity contribution >= 4 is 26.5 Å². The van der Waals surface area contributed by atoms with Crippen molar-refractivity contribution in [3.8, 4) is 0 Å². The number of nitrogens with zero attached hydrogens (tertiary/aromatic N) is 1. The van der Waals surface area contributed by atoms with E-state index >= 15 is 0 Å². The van der Waals surface area contributed by atoms with Gasteiger partial charge < -0.3 is 5.32 Å². The summed E-state index contributed by atoms with van der Waals surface area (Å²) in [7, 11) is -1.40. The van der Waals surface area contributed by atoms with Crippen LogP contribution in [-0.4, -0.2) is 26.2 Å². The third-order valence-electron chi connectivity index (χ3n) is 2.41. The highest BCUT2D eigenvalue weighted by Crippen LogP contribution is 2.21. The first-order valence-electron chi connectivity index (χ1n) is 5.61. The standard InChI is InChI=1S/C10H19N3O2S2/c1-4-5-6-17(14,15)13-10-12-9(7-16-10)8(2)11-3/h7-8,11H,4-6H2,1-3H3,(H,12,13). The molecule has 98 valence electrons. The van der Waals surface area contributed by atoms with E-state index in [9.17, 15) is 8.42 Å². The lowest BCUT2D eigenvalue weighted by molar-refractivity contribution is 0.597. The first-order chi connectivity index (χ1) is 7.98. The third kappa shape index (κ3) is 4.61. The molecule has 1 aromatic heterocycles. The molecule has 0 radical (unpaired) electrons. The Morgan fingerprint density at radius 3 is 2.82 bits per heavy atom. The number of aromatic nitrogens is 1. The molecular formula is C10H19N3O2S2. The fourth-order valence-corrected chi connectivity index (χ4v) is 3.50. The Hall–Kier alpha value is -0.660. The van der Waals surface area contributed by atoms with Gasteiger partial charge in [-0.2, -0.15) is 0 Å². The molecule has 0 amide bonds. The molecule has 1 aromatic rings. The fraction of sp³-hybridized carbons (Fsp3) is 0.700. The molecule has 1 unspecified atom stereocenters. The average Bonchev–Trinajstić information content (AvgIpc) is 2.73. The highest BCUT2D eigenvalue weighted by Gasteiger charge is 2.13. The second-order valence-corrected chi connectivity index (χ2v) is 6.56. The maximum Gasteiger partial charge on any atom is 0.234 e. The van der Waals surface area contributed by atoms with E-state index in [0.29, 0.717) is 11.6 Å². The van der Waals surface area contributed by atoms with Crippen LogP contribution in [0.1, 0.15) is 38.4 Å². The highest BCUT2D eigenvalue weighted by atomic mass is 32.2. The minimum Gasteiger partial charge on any atom is -0.312 e. The molecular weight excluding hydrogens is 258 g/mol. The molecule has 0 saturated heterocycles. The van der Waals surface area contributed by atoms with Crippen molar-refractivity contribution in [1.82, 2.24) is 10.3 Å². The summed E-state index contributed by atoms with van der Waals surface area (Å²) >= 11 is 1.31. The molecule has 0 bridgehead atoms. The summed E-state index contributed by atoms with van der Waals surface area (Å²) in [5, 5.41) is 5.36. The minimum atomic E-state index is -3.24. The van der Waals surface area contributed by atoms with Gasteiger partial charge in [0.25, 0.3) is 0 Å². The van der Waals surface area contributed by atoms with Crippen LogP contribution in [0.25, 0.3) is 0 Å². The molecule has 0 spiro atoms. The van der Waals surface area contributed by atoms with Gasteiger partial charge in [0.15, 0.2) is 5.13 Å². The molecule has 2 N–H and O–H groups in total. The van der Waals surface area contributed by atoms with Crippen LogP contribution in [0.2, 0.25) is 0 Å². The maximum atomic E-state index is 11.6. The summed E-state index contributed by atoms with van der Waals surface area (Å²) in [6, 6.07) is 0.125. The largest absolute Gasteiger partial charge is 0.312 e. The number of rotatable bonds is 7. The molecule has 1 rings (SSSR count). The number of nitrogens with one attached hydrogen (secondary N) is 2. The second-order valence-electron chi connectivity index (χ2n) is 3.86. The van der Waals surface area contributed by atoms with Crippen molar-refractivity contribution in [2.24, 2.45) is 0 Å². The Bertz CT molecular complexity index is 442. The zero-order valence-corrected chi connectivity index (χ0v) is 12.0. The molecule has 7 heteroatoms. The van der Waals surface area contributed by atoms with E-state index in [2.05, 4.69) is 15.0 Å². The van der Waals surface area contributed by atoms with E-state index in [0.717, 1.165) is 12.1 Å². The molecule has 5 nitrogen and oxygen atoms in total. The third-order valence-corrected chi connectivity index (χ3v) is 4.64. The van der Waals surface area contributed by atoms with E-state index in [4.69, 9.17) is 0 Å². The van der Waals surface area contributed by atoms with Crippen molar-refractivity contribution < 1.29 is 8.42 Å². The zero-order chi connectivity index (χ0) is 12.9. The lowest BCUT2D eigenvalue weighted by atomic mass is 10.3. The predicted octanol–water partition coefficient (Wildman–Crippen LogP) is 1.97. The molecule has 1 atom stereocenters. The fourth-order valence-electron chi connectivity index (χ4n) is 1.20. The average molecular weight is 277 g/mol. The van der Waals surface area contributed by atoms with Crippen molar-refractivity contribution in [3.63, 3.8) is 0 Å². The SMILES string of the molecule is CCCCS(=O)(=O)Nc1nc(C(C)NC)cs1. The lowest BCUT2D eigenvalue weighted by Crippen LogP contribution is -2.17. The Morgan fingerprint density at radius 2 is 2.24 bits per heavy atom. The quantitative estimate of drug-likeness (QED) is 0.799. The molecule has 0 aliphatic rings. The van der Waals surface area contributed by atoms with Gasteiger partial charge in [-0.3, -0.25) is 4.72 Å². The highest BCUT2D eigenvalue weighted by molar-refractivity contribution is 7.92. The first kappa shape index (κ1) is 14.4. The molecule has 0 fully saturated rings. The first-order valence-corrected chi connectivity index (χ1v) is 8.15. The summed E-state index contributed by atoms with van der Waals surface area (Å²) < 4.78 is 25.8. The van der Waals surface area contributed by atoms with Crippen LogP contribution in [0.5, 0.6) is 0 Å². The molecule has 0 aromatic carbocycles. The second kappa shape index (κ2) is 6.32. The van der Waals surface area contributed by atoms with Gasteiger partial charge in [0, 0.05) is 11.4 Å². The monoisotopic (exact) mass is 277 g/mol. The van der Waals surface area contributed by atoms with Gasteiger partial charge >= 0.3 is 0 Å². The molecule has 1 heterocycles. The van der Waals surface area contributed by atoms with Crippen molar-refractivity contribution in [1.29, 1.82) is 0 Å². The molecule has 0 saturated carbocycles. The van der Waals surface area contributed by atoms with E-state index < -0.39 is 10.0 Å². The van der Waals surface area contributed by atoms with Crippen LogP contribution in [0.15, 0.2) is 5.38 Å². The van der Waals surface area contributed by atoms with E-state index in [1.54, 1.807) is 0 Å². The van der Waals surface area contributed by atoms with Crippen molar-refractivity contribution in [2.75, 3.05) is 17.5 Å². The van der Waals surface area contributed by atoms with Gasteiger partial charge in [0.05, 0.1) is 11.4 Å². The minimum absolute atomic E-state index is 0.125. The van der Waals surface area contributed by atoms with Gasteiger partial charge in [-0.1, -0.05) is 13.3 Å². The Morgan fingerprint density at radius 1 is 1.53 bits per heavy atom. The summed E-state index contributed by atoms with van der Waals surface area (Å²) in [5.74, 6) is 0.153. The lowest BCUT2D eigenvalue weighted by Gasteiger charge is -2.06. The Labute approximate surface area is 107 Å². The number of hydrogen-bond donors (Lipinski definition) is 2. The van der Waals surface area contributed by atoms with Crippen LogP contribution >= 0.6 is 11.3 Å². The van der Waals surface area contributed by atoms with Gasteiger partial charge in [0.1, 0.15) is 0 Å². The zero-order valence-electron chi connectivity index (χ0n) is 10.4. The number of sulfonamides is 1. The number of unbranched alkanes of at least 4 members (excludes halogenated alkanes) is 1. The molecule has 0 aliphatic carbocycles. The van der Waals surface area contributed by atoms with Crippen molar-refractivity contribution in [3.05, 3.63) is 11.1 Å². The molecule has 0 aliphatic heterocycles. The maximum absolute atomic E-state index is 11.6. The van der Waals surface area contributed by atoms with E-state index in [-0.39, 0.29) is 11.8 Å². The number of hydrogen-bond acceptors (Lipinski definition) is 5. The van der Waals surface area contributed by atoms with E-state index in [1.165, 1.54) is 11.3 Å². The van der Waals surface area contributed by atoms with Crippen LogP contribution in [-0.2, 0) is 10.0 Å². The summed E-state index contributed by atoms with van der Waals surface area (Å²) in [5.41, 5.74) is 0.852. The van der Waals surface area contributed by atoms with Gasteiger partial charge in [-0.25, -0.2) is 13.4 Å². The Balaban J connectivity index is 2.66. The predicted molar refractivity (Wildman–Crippen MR) is 71.9 cm³/mol. The smallest absolute Gasteiger partial charge is 0.234 e. The van der Waals surface area contributed by atoms with E-state index in [1.807, 2.05) is 26.3 Å².